The quantitative estimate of drug-likeness (QED) is 0.495. The summed E-state index contributed by atoms with van der Waals surface area (Å²) in [6.45, 7) is 7.66. The van der Waals surface area contributed by atoms with Crippen LogP contribution >= 0.6 is 0 Å². The number of carbonyl (C=O) groups excluding carboxylic acids is 1. The van der Waals surface area contributed by atoms with Crippen LogP contribution in [0.3, 0.4) is 0 Å². The molecule has 0 saturated carbocycles. The summed E-state index contributed by atoms with van der Waals surface area (Å²) < 4.78 is 4.86. The average Bonchev–Trinajstić information content (AvgIpc) is 2.09. The number of hydrogen-bond acceptors (Lipinski definition) is 2. The van der Waals surface area contributed by atoms with Crippen LogP contribution in [0.15, 0.2) is 11.1 Å². The van der Waals surface area contributed by atoms with Crippen LogP contribution in [0.2, 0.25) is 0 Å². The zero-order valence-corrected chi connectivity index (χ0v) is 8.72. The standard InChI is InChI=1S/C11H18O2/c1-9-4-5-11(3,6-10(9)2)7-13-8-12/h8H,4-7H2,1-3H3. The van der Waals surface area contributed by atoms with Crippen molar-refractivity contribution in [3.8, 4) is 0 Å². The molecule has 0 bridgehead atoms. The molecule has 1 atom stereocenters. The monoisotopic (exact) mass is 182 g/mol. The van der Waals surface area contributed by atoms with Crippen LogP contribution < -0.4 is 0 Å². The Balaban J connectivity index is 2.58. The van der Waals surface area contributed by atoms with Crippen LogP contribution in [0, 0.1) is 5.41 Å². The molecule has 0 aromatic rings. The minimum Gasteiger partial charge on any atom is -0.467 e. The molecule has 0 aliphatic heterocycles. The van der Waals surface area contributed by atoms with Crippen molar-refractivity contribution >= 4 is 6.47 Å². The van der Waals surface area contributed by atoms with Gasteiger partial charge >= 0.3 is 0 Å². The van der Waals surface area contributed by atoms with Gasteiger partial charge in [-0.15, -0.1) is 0 Å². The van der Waals surface area contributed by atoms with Crippen molar-refractivity contribution < 1.29 is 9.53 Å². The fourth-order valence-electron chi connectivity index (χ4n) is 1.94. The summed E-state index contributed by atoms with van der Waals surface area (Å²) in [5.74, 6) is 0. The molecule has 0 aromatic heterocycles. The number of carbonyl (C=O) groups is 1. The summed E-state index contributed by atoms with van der Waals surface area (Å²) in [4.78, 5) is 10.1. The molecule has 0 aromatic carbocycles. The Morgan fingerprint density at radius 3 is 2.69 bits per heavy atom. The molecule has 1 unspecified atom stereocenters. The molecular weight excluding hydrogens is 164 g/mol. The summed E-state index contributed by atoms with van der Waals surface area (Å²) >= 11 is 0. The zero-order valence-electron chi connectivity index (χ0n) is 8.72. The molecule has 74 valence electrons. The van der Waals surface area contributed by atoms with E-state index in [4.69, 9.17) is 4.74 Å². The minimum absolute atomic E-state index is 0.171. The molecule has 0 amide bonds. The van der Waals surface area contributed by atoms with Gasteiger partial charge in [-0.1, -0.05) is 18.1 Å². The van der Waals surface area contributed by atoms with Crippen LogP contribution in [0.4, 0.5) is 0 Å². The first-order valence-corrected chi connectivity index (χ1v) is 4.78. The summed E-state index contributed by atoms with van der Waals surface area (Å²) in [7, 11) is 0. The van der Waals surface area contributed by atoms with E-state index in [1.54, 1.807) is 0 Å². The third-order valence-corrected chi connectivity index (χ3v) is 3.02. The van der Waals surface area contributed by atoms with Gasteiger partial charge in [-0.2, -0.15) is 0 Å². The topological polar surface area (TPSA) is 26.3 Å². The van der Waals surface area contributed by atoms with Crippen molar-refractivity contribution in [2.75, 3.05) is 6.61 Å². The van der Waals surface area contributed by atoms with Gasteiger partial charge in [0.1, 0.15) is 0 Å². The zero-order chi connectivity index (χ0) is 9.90. The van der Waals surface area contributed by atoms with Gasteiger partial charge in [0.05, 0.1) is 6.61 Å². The molecule has 2 nitrogen and oxygen atoms in total. The second-order valence-electron chi connectivity index (χ2n) is 4.46. The van der Waals surface area contributed by atoms with Crippen molar-refractivity contribution in [2.24, 2.45) is 5.41 Å². The Kier molecular flexibility index (Phi) is 3.12. The SMILES string of the molecule is CC1=C(C)CC(C)(COC=O)CC1. The van der Waals surface area contributed by atoms with E-state index in [0.29, 0.717) is 13.1 Å². The highest BCUT2D eigenvalue weighted by Crippen LogP contribution is 2.38. The molecule has 0 N–H and O–H groups in total. The molecule has 0 radical (unpaired) electrons. The first kappa shape index (κ1) is 10.3. The van der Waals surface area contributed by atoms with Gasteiger partial charge in [0, 0.05) is 5.41 Å². The number of ether oxygens (including phenoxy) is 1. The highest BCUT2D eigenvalue weighted by atomic mass is 16.5. The molecule has 2 heteroatoms. The lowest BCUT2D eigenvalue weighted by Crippen LogP contribution is -2.26. The van der Waals surface area contributed by atoms with E-state index in [-0.39, 0.29) is 5.41 Å². The molecule has 0 spiro atoms. The highest BCUT2D eigenvalue weighted by molar-refractivity contribution is 5.37. The van der Waals surface area contributed by atoms with E-state index >= 15 is 0 Å². The molecule has 0 fully saturated rings. The lowest BCUT2D eigenvalue weighted by molar-refractivity contribution is -0.132. The van der Waals surface area contributed by atoms with E-state index < -0.39 is 0 Å². The van der Waals surface area contributed by atoms with Crippen LogP contribution in [-0.4, -0.2) is 13.1 Å². The Hall–Kier alpha value is -0.790. The van der Waals surface area contributed by atoms with Gasteiger partial charge in [-0.3, -0.25) is 4.79 Å². The Bertz CT molecular complexity index is 226. The maximum absolute atomic E-state index is 10.1. The summed E-state index contributed by atoms with van der Waals surface area (Å²) in [6, 6.07) is 0. The maximum atomic E-state index is 10.1. The first-order valence-electron chi connectivity index (χ1n) is 4.78. The Morgan fingerprint density at radius 1 is 1.46 bits per heavy atom. The van der Waals surface area contributed by atoms with E-state index in [0.717, 1.165) is 19.3 Å². The van der Waals surface area contributed by atoms with Crippen molar-refractivity contribution in [1.82, 2.24) is 0 Å². The molecule has 0 heterocycles. The largest absolute Gasteiger partial charge is 0.467 e. The Labute approximate surface area is 80.0 Å². The minimum atomic E-state index is 0.171. The van der Waals surface area contributed by atoms with E-state index in [1.807, 2.05) is 0 Å². The summed E-state index contributed by atoms with van der Waals surface area (Å²) in [5.41, 5.74) is 3.14. The summed E-state index contributed by atoms with van der Waals surface area (Å²) in [5, 5.41) is 0. The maximum Gasteiger partial charge on any atom is 0.293 e. The van der Waals surface area contributed by atoms with Crippen molar-refractivity contribution in [1.29, 1.82) is 0 Å². The lowest BCUT2D eigenvalue weighted by atomic mass is 9.74. The van der Waals surface area contributed by atoms with Gasteiger partial charge in [-0.25, -0.2) is 0 Å². The van der Waals surface area contributed by atoms with Crippen molar-refractivity contribution in [3.63, 3.8) is 0 Å². The normalized spacial score (nSPS) is 28.8. The Morgan fingerprint density at radius 2 is 2.15 bits per heavy atom. The van der Waals surface area contributed by atoms with Gasteiger partial charge in [0.15, 0.2) is 0 Å². The molecule has 13 heavy (non-hydrogen) atoms. The van der Waals surface area contributed by atoms with E-state index in [9.17, 15) is 4.79 Å². The molecule has 1 aliphatic rings. The fraction of sp³-hybridized carbons (Fsp3) is 0.727. The molecule has 0 saturated heterocycles. The van der Waals surface area contributed by atoms with Gasteiger partial charge in [-0.05, 0) is 33.1 Å². The van der Waals surface area contributed by atoms with Gasteiger partial charge in [0.25, 0.3) is 6.47 Å². The van der Waals surface area contributed by atoms with E-state index in [1.165, 1.54) is 11.1 Å². The smallest absolute Gasteiger partial charge is 0.293 e. The highest BCUT2D eigenvalue weighted by Gasteiger charge is 2.29. The number of hydrogen-bond donors (Lipinski definition) is 0. The summed E-state index contributed by atoms with van der Waals surface area (Å²) in [6.07, 6.45) is 3.33. The second kappa shape index (κ2) is 3.95. The van der Waals surface area contributed by atoms with Crippen LogP contribution in [-0.2, 0) is 9.53 Å². The number of allylic oxidation sites excluding steroid dienone is 2. The van der Waals surface area contributed by atoms with Crippen LogP contribution in [0.25, 0.3) is 0 Å². The molecule has 1 rings (SSSR count). The molecule has 1 aliphatic carbocycles. The van der Waals surface area contributed by atoms with Crippen LogP contribution in [0.5, 0.6) is 0 Å². The van der Waals surface area contributed by atoms with Gasteiger partial charge < -0.3 is 4.74 Å². The average molecular weight is 182 g/mol. The predicted octanol–water partition coefficient (Wildman–Crippen LogP) is 2.69. The molecular formula is C11H18O2. The third kappa shape index (κ3) is 2.58. The van der Waals surface area contributed by atoms with Crippen molar-refractivity contribution in [2.45, 2.75) is 40.0 Å². The van der Waals surface area contributed by atoms with Gasteiger partial charge in [0.2, 0.25) is 0 Å². The third-order valence-electron chi connectivity index (χ3n) is 3.02. The van der Waals surface area contributed by atoms with Crippen molar-refractivity contribution in [3.05, 3.63) is 11.1 Å². The fourth-order valence-corrected chi connectivity index (χ4v) is 1.94. The lowest BCUT2D eigenvalue weighted by Gasteiger charge is -2.33. The second-order valence-corrected chi connectivity index (χ2v) is 4.46. The first-order chi connectivity index (χ1) is 6.07. The van der Waals surface area contributed by atoms with Crippen LogP contribution in [0.1, 0.15) is 40.0 Å². The number of rotatable bonds is 3. The van der Waals surface area contributed by atoms with E-state index in [2.05, 4.69) is 20.8 Å². The predicted molar refractivity (Wildman–Crippen MR) is 52.3 cm³/mol.